The SMILES string of the molecule is O=C(O)/C(=C\c1cn(C(c2ccccc2)(c2ccccc2)c2ccccc2)c(F)n1)NC(=O)c1ccccc1. The van der Waals surface area contributed by atoms with Crippen molar-refractivity contribution in [2.75, 3.05) is 0 Å². The summed E-state index contributed by atoms with van der Waals surface area (Å²) in [5, 5.41) is 12.2. The number of imidazole rings is 1. The van der Waals surface area contributed by atoms with Gasteiger partial charge in [-0.05, 0) is 34.9 Å². The molecule has 39 heavy (non-hydrogen) atoms. The van der Waals surface area contributed by atoms with Crippen molar-refractivity contribution in [1.82, 2.24) is 14.9 Å². The first kappa shape index (κ1) is 25.4. The first-order valence-electron chi connectivity index (χ1n) is 12.2. The van der Waals surface area contributed by atoms with Crippen LogP contribution in [0.4, 0.5) is 4.39 Å². The van der Waals surface area contributed by atoms with Crippen molar-refractivity contribution in [3.63, 3.8) is 0 Å². The summed E-state index contributed by atoms with van der Waals surface area (Å²) in [6.45, 7) is 0. The lowest BCUT2D eigenvalue weighted by Crippen LogP contribution is -2.38. The summed E-state index contributed by atoms with van der Waals surface area (Å²) >= 11 is 0. The second-order valence-corrected chi connectivity index (χ2v) is 8.80. The van der Waals surface area contributed by atoms with Gasteiger partial charge < -0.3 is 10.4 Å². The third-order valence-corrected chi connectivity index (χ3v) is 6.42. The monoisotopic (exact) mass is 517 g/mol. The molecule has 0 aliphatic rings. The standard InChI is InChI=1S/C32H24FN3O3/c33-31-34-27(21-28(30(38)39)35-29(37)23-13-5-1-6-14-23)22-36(31)32(24-15-7-2-8-16-24,25-17-9-3-10-18-25)26-19-11-4-12-20-26/h1-22H,(H,35,37)(H,38,39)/b28-21+. The molecule has 5 rings (SSSR count). The molecule has 1 heterocycles. The maximum Gasteiger partial charge on any atom is 0.352 e. The number of nitrogens with one attached hydrogen (secondary N) is 1. The van der Waals surface area contributed by atoms with E-state index in [1.165, 1.54) is 10.8 Å². The second-order valence-electron chi connectivity index (χ2n) is 8.80. The molecule has 0 aliphatic heterocycles. The molecule has 2 N–H and O–H groups in total. The van der Waals surface area contributed by atoms with Crippen molar-refractivity contribution in [3.05, 3.63) is 167 Å². The van der Waals surface area contributed by atoms with E-state index in [0.717, 1.165) is 22.8 Å². The highest BCUT2D eigenvalue weighted by Gasteiger charge is 2.40. The molecule has 0 aliphatic carbocycles. The molecule has 0 saturated heterocycles. The van der Waals surface area contributed by atoms with Gasteiger partial charge in [0.25, 0.3) is 12.0 Å². The third-order valence-electron chi connectivity index (χ3n) is 6.42. The highest BCUT2D eigenvalue weighted by atomic mass is 19.1. The van der Waals surface area contributed by atoms with Crippen LogP contribution in [0.3, 0.4) is 0 Å². The van der Waals surface area contributed by atoms with Gasteiger partial charge in [-0.3, -0.25) is 9.36 Å². The zero-order chi connectivity index (χ0) is 27.2. The molecular formula is C32H24FN3O3. The summed E-state index contributed by atoms with van der Waals surface area (Å²) in [6.07, 6.45) is 1.78. The van der Waals surface area contributed by atoms with Crippen molar-refractivity contribution in [1.29, 1.82) is 0 Å². The fourth-order valence-electron chi connectivity index (χ4n) is 4.72. The van der Waals surface area contributed by atoms with Crippen LogP contribution < -0.4 is 5.32 Å². The van der Waals surface area contributed by atoms with Gasteiger partial charge in [0.05, 0.1) is 5.69 Å². The molecule has 192 valence electrons. The Labute approximate surface area is 224 Å². The van der Waals surface area contributed by atoms with Crippen molar-refractivity contribution < 1.29 is 19.1 Å². The highest BCUT2D eigenvalue weighted by Crippen LogP contribution is 2.41. The number of carboxylic acid groups (broad SMARTS) is 1. The lowest BCUT2D eigenvalue weighted by Gasteiger charge is -2.37. The predicted molar refractivity (Wildman–Crippen MR) is 146 cm³/mol. The van der Waals surface area contributed by atoms with E-state index < -0.39 is 29.2 Å². The second kappa shape index (κ2) is 11.0. The summed E-state index contributed by atoms with van der Waals surface area (Å²) < 4.78 is 17.3. The number of carbonyl (C=O) groups excluding carboxylic acids is 1. The number of carbonyl (C=O) groups is 2. The van der Waals surface area contributed by atoms with Crippen molar-refractivity contribution in [2.45, 2.75) is 5.54 Å². The average molecular weight is 518 g/mol. The summed E-state index contributed by atoms with van der Waals surface area (Å²) in [7, 11) is 0. The Balaban J connectivity index is 1.68. The molecule has 7 heteroatoms. The number of rotatable bonds is 8. The van der Waals surface area contributed by atoms with Gasteiger partial charge in [-0.2, -0.15) is 4.39 Å². The van der Waals surface area contributed by atoms with Crippen LogP contribution in [0.1, 0.15) is 32.7 Å². The van der Waals surface area contributed by atoms with Crippen molar-refractivity contribution in [3.8, 4) is 0 Å². The van der Waals surface area contributed by atoms with Gasteiger partial charge in [-0.15, -0.1) is 0 Å². The molecule has 0 unspecified atom stereocenters. The molecule has 1 aromatic heterocycles. The first-order valence-corrected chi connectivity index (χ1v) is 12.2. The topological polar surface area (TPSA) is 84.2 Å². The van der Waals surface area contributed by atoms with Gasteiger partial charge in [0.1, 0.15) is 11.2 Å². The first-order chi connectivity index (χ1) is 19.0. The van der Waals surface area contributed by atoms with E-state index in [-0.39, 0.29) is 11.3 Å². The number of nitrogens with zero attached hydrogens (tertiary/aromatic N) is 2. The van der Waals surface area contributed by atoms with Crippen LogP contribution in [0.25, 0.3) is 6.08 Å². The van der Waals surface area contributed by atoms with Gasteiger partial charge >= 0.3 is 5.97 Å². The van der Waals surface area contributed by atoms with Gasteiger partial charge in [0.15, 0.2) is 0 Å². The van der Waals surface area contributed by atoms with Gasteiger partial charge in [0.2, 0.25) is 0 Å². The maximum atomic E-state index is 15.9. The molecule has 5 aromatic rings. The highest BCUT2D eigenvalue weighted by molar-refractivity contribution is 6.02. The Morgan fingerprint density at radius 1 is 0.744 bits per heavy atom. The number of halogens is 1. The minimum atomic E-state index is -1.38. The molecule has 0 spiro atoms. The van der Waals surface area contributed by atoms with Gasteiger partial charge in [-0.1, -0.05) is 109 Å². The zero-order valence-electron chi connectivity index (χ0n) is 20.7. The number of aromatic nitrogens is 2. The normalized spacial score (nSPS) is 11.7. The number of carboxylic acids is 1. The Kier molecular flexibility index (Phi) is 7.14. The zero-order valence-corrected chi connectivity index (χ0v) is 20.7. The molecule has 0 atom stereocenters. The van der Waals surface area contributed by atoms with Crippen LogP contribution in [0.5, 0.6) is 0 Å². The summed E-state index contributed by atoms with van der Waals surface area (Å²) in [6, 6.07) is 36.7. The minimum absolute atomic E-state index is 0.0328. The fraction of sp³-hybridized carbons (Fsp3) is 0.0312. The van der Waals surface area contributed by atoms with Crippen molar-refractivity contribution in [2.24, 2.45) is 0 Å². The molecule has 0 fully saturated rings. The van der Waals surface area contributed by atoms with Crippen LogP contribution in [0.15, 0.2) is 133 Å². The van der Waals surface area contributed by atoms with Crippen LogP contribution in [0.2, 0.25) is 0 Å². The number of amides is 1. The van der Waals surface area contributed by atoms with Crippen LogP contribution in [0, 0.1) is 6.08 Å². The molecule has 0 radical (unpaired) electrons. The lowest BCUT2D eigenvalue weighted by molar-refractivity contribution is -0.132. The number of aliphatic carboxylic acids is 1. The minimum Gasteiger partial charge on any atom is -0.477 e. The van der Waals surface area contributed by atoms with E-state index in [1.807, 2.05) is 91.0 Å². The van der Waals surface area contributed by atoms with E-state index >= 15 is 4.39 Å². The number of benzene rings is 4. The van der Waals surface area contributed by atoms with Crippen LogP contribution >= 0.6 is 0 Å². The van der Waals surface area contributed by atoms with E-state index in [1.54, 1.807) is 30.3 Å². The molecule has 0 bridgehead atoms. The van der Waals surface area contributed by atoms with Crippen LogP contribution in [-0.4, -0.2) is 26.5 Å². The average Bonchev–Trinajstić information content (AvgIpc) is 3.35. The molecule has 1 amide bonds. The Morgan fingerprint density at radius 2 is 1.18 bits per heavy atom. The summed E-state index contributed by atoms with van der Waals surface area (Å²) in [5.74, 6) is -1.98. The van der Waals surface area contributed by atoms with E-state index in [9.17, 15) is 14.7 Å². The van der Waals surface area contributed by atoms with E-state index in [4.69, 9.17) is 0 Å². The summed E-state index contributed by atoms with van der Waals surface area (Å²) in [5.41, 5.74) is 1.07. The number of hydrogen-bond acceptors (Lipinski definition) is 3. The lowest BCUT2D eigenvalue weighted by atomic mass is 9.76. The van der Waals surface area contributed by atoms with E-state index in [0.29, 0.717) is 0 Å². The molecule has 0 saturated carbocycles. The van der Waals surface area contributed by atoms with E-state index in [2.05, 4.69) is 10.3 Å². The molecule has 4 aromatic carbocycles. The predicted octanol–water partition coefficient (Wildman–Crippen LogP) is 5.72. The maximum absolute atomic E-state index is 15.9. The van der Waals surface area contributed by atoms with Gasteiger partial charge in [-0.25, -0.2) is 9.78 Å². The largest absolute Gasteiger partial charge is 0.477 e. The Morgan fingerprint density at radius 3 is 1.62 bits per heavy atom. The third kappa shape index (κ3) is 4.98. The quantitative estimate of drug-likeness (QED) is 0.204. The smallest absolute Gasteiger partial charge is 0.352 e. The van der Waals surface area contributed by atoms with Gasteiger partial charge in [0, 0.05) is 11.8 Å². The number of hydrogen-bond donors (Lipinski definition) is 2. The Hall–Kier alpha value is -5.30. The molecular weight excluding hydrogens is 493 g/mol. The van der Waals surface area contributed by atoms with Crippen LogP contribution in [-0.2, 0) is 10.3 Å². The molecule has 6 nitrogen and oxygen atoms in total. The fourth-order valence-corrected chi connectivity index (χ4v) is 4.72. The Bertz CT molecular complexity index is 1520. The summed E-state index contributed by atoms with van der Waals surface area (Å²) in [4.78, 5) is 28.7. The van der Waals surface area contributed by atoms with Crippen molar-refractivity contribution >= 4 is 18.0 Å².